The zero-order valence-electron chi connectivity index (χ0n) is 36.6. The quantitative estimate of drug-likeness (QED) is 0.108. The van der Waals surface area contributed by atoms with Crippen LogP contribution in [0.3, 0.4) is 0 Å². The maximum atomic E-state index is 13.1. The number of hydrogen-bond donors (Lipinski definition) is 2. The molecule has 0 spiro atoms. The average Bonchev–Trinajstić information content (AvgIpc) is 3.46. The number of benzene rings is 4. The molecule has 0 saturated carbocycles. The number of hydroxylamine groups is 2. The van der Waals surface area contributed by atoms with E-state index in [1.54, 1.807) is 48.7 Å². The molecular formula is C50H56ClFN4O4S2. The molecule has 2 aliphatic rings. The molecule has 6 rings (SSSR count). The lowest BCUT2D eigenvalue weighted by Gasteiger charge is -2.27. The van der Waals surface area contributed by atoms with Gasteiger partial charge in [-0.15, -0.1) is 0 Å². The fourth-order valence-corrected chi connectivity index (χ4v) is 8.51. The smallest absolute Gasteiger partial charge is 0.253 e. The Kier molecular flexibility index (Phi) is 20.1. The summed E-state index contributed by atoms with van der Waals surface area (Å²) >= 11 is 9.70. The SMILES string of the molecule is C/C=C\C(C)C(=O)NOC.CC/C=C\C(C)(C/C1=C(\C)Sc2ccccc2C(c2cccc(Cl)c2)=NC1)C(=O)NOC.CCC1=CSc2ccccc2C(c2ccc(F)cc2)=N1. The molecule has 2 atom stereocenters. The van der Waals surface area contributed by atoms with Gasteiger partial charge in [0.1, 0.15) is 5.82 Å². The number of hydrogen-bond acceptors (Lipinski definition) is 8. The van der Waals surface area contributed by atoms with Gasteiger partial charge >= 0.3 is 0 Å². The number of halogens is 2. The number of aliphatic imine (C=N–C) groups is 2. The number of nitrogens with one attached hydrogen (secondary N) is 2. The van der Waals surface area contributed by atoms with Gasteiger partial charge in [0, 0.05) is 42.8 Å². The minimum atomic E-state index is -0.742. The fraction of sp³-hybridized carbons (Fsp3) is 0.280. The largest absolute Gasteiger partial charge is 0.280 e. The Labute approximate surface area is 379 Å². The van der Waals surface area contributed by atoms with Gasteiger partial charge < -0.3 is 0 Å². The Hall–Kier alpha value is -5.04. The second kappa shape index (κ2) is 25.2. The summed E-state index contributed by atoms with van der Waals surface area (Å²) in [5.41, 5.74) is 12.1. The molecule has 2 aliphatic heterocycles. The Morgan fingerprint density at radius 3 is 2.19 bits per heavy atom. The molecule has 62 heavy (non-hydrogen) atoms. The minimum absolute atomic E-state index is 0.120. The molecule has 0 fully saturated rings. The van der Waals surface area contributed by atoms with Gasteiger partial charge in [0.05, 0.1) is 43.5 Å². The van der Waals surface area contributed by atoms with Gasteiger partial charge in [0.15, 0.2) is 0 Å². The van der Waals surface area contributed by atoms with E-state index < -0.39 is 5.41 Å². The molecule has 4 aromatic rings. The van der Waals surface area contributed by atoms with Crippen LogP contribution in [-0.4, -0.2) is 44.0 Å². The Morgan fingerprint density at radius 1 is 0.903 bits per heavy atom. The number of thioether (sulfide) groups is 2. The molecule has 12 heteroatoms. The maximum absolute atomic E-state index is 13.1. The molecule has 2 N–H and O–H groups in total. The summed E-state index contributed by atoms with van der Waals surface area (Å²) in [6.45, 7) is 12.4. The zero-order valence-corrected chi connectivity index (χ0v) is 39.0. The highest BCUT2D eigenvalue weighted by molar-refractivity contribution is 8.03. The number of carbonyl (C=O) groups is 2. The van der Waals surface area contributed by atoms with E-state index in [9.17, 15) is 14.0 Å². The molecule has 2 heterocycles. The molecule has 8 nitrogen and oxygen atoms in total. The van der Waals surface area contributed by atoms with Gasteiger partial charge in [-0.25, -0.2) is 15.4 Å². The number of nitrogens with zero attached hydrogens (tertiary/aromatic N) is 2. The zero-order chi connectivity index (χ0) is 45.1. The lowest BCUT2D eigenvalue weighted by molar-refractivity contribution is -0.138. The van der Waals surface area contributed by atoms with Crippen LogP contribution in [0.2, 0.25) is 5.02 Å². The standard InChI is InChI=1S/C26H29ClN2O2S.C17H14FNS.C7H13NO2/c1-5-6-14-26(3,25(30)29-31-4)16-20-17-28-24(19-10-9-11-21(27)15-19)22-12-7-8-13-23(22)32-18(20)2;1-2-14-11-20-16-6-4-3-5-15(16)17(19-14)12-7-9-13(18)10-8-12;1-4-5-6(2)7(9)8-10-3/h6-15H,5,16-17H2,1-4H3,(H,29,30);3-11H,2H2,1H3;4-6H,1-3H3,(H,8,9)/b14-6-,20-18-,28-24?;;5-4-. The van der Waals surface area contributed by atoms with E-state index in [4.69, 9.17) is 26.4 Å². The van der Waals surface area contributed by atoms with E-state index in [1.165, 1.54) is 31.2 Å². The summed E-state index contributed by atoms with van der Waals surface area (Å²) in [6.07, 6.45) is 9.91. The van der Waals surface area contributed by atoms with Crippen LogP contribution in [0.5, 0.6) is 0 Å². The monoisotopic (exact) mass is 894 g/mol. The van der Waals surface area contributed by atoms with E-state index in [2.05, 4.69) is 66.2 Å². The molecule has 0 bridgehead atoms. The normalized spacial score (nSPS) is 16.2. The van der Waals surface area contributed by atoms with Crippen LogP contribution in [0.1, 0.15) is 83.1 Å². The molecule has 2 amide bonds. The highest BCUT2D eigenvalue weighted by atomic mass is 35.5. The third-order valence-electron chi connectivity index (χ3n) is 9.74. The minimum Gasteiger partial charge on any atom is -0.280 e. The van der Waals surface area contributed by atoms with Gasteiger partial charge in [-0.05, 0) is 104 Å². The van der Waals surface area contributed by atoms with Gasteiger partial charge in [0.25, 0.3) is 5.91 Å². The number of fused-ring (bicyclic) bond motifs is 2. The maximum Gasteiger partial charge on any atom is 0.253 e. The summed E-state index contributed by atoms with van der Waals surface area (Å²) in [7, 11) is 2.87. The second-order valence-corrected chi connectivity index (χ2v) is 17.1. The fourth-order valence-electron chi connectivity index (χ4n) is 6.35. The lowest BCUT2D eigenvalue weighted by atomic mass is 9.81. The first kappa shape index (κ1) is 49.6. The topological polar surface area (TPSA) is 101 Å². The first-order valence-electron chi connectivity index (χ1n) is 20.4. The Bertz CT molecular complexity index is 2340. The van der Waals surface area contributed by atoms with Crippen molar-refractivity contribution in [2.75, 3.05) is 20.8 Å². The van der Waals surface area contributed by atoms with Crippen LogP contribution in [0, 0.1) is 17.2 Å². The van der Waals surface area contributed by atoms with E-state index >= 15 is 0 Å². The van der Waals surface area contributed by atoms with Crippen molar-refractivity contribution in [3.05, 3.63) is 176 Å². The van der Waals surface area contributed by atoms with Gasteiger partial charge in [0.2, 0.25) is 5.91 Å². The average molecular weight is 896 g/mol. The van der Waals surface area contributed by atoms with Crippen molar-refractivity contribution in [1.29, 1.82) is 0 Å². The molecule has 0 aromatic heterocycles. The molecule has 0 saturated heterocycles. The van der Waals surface area contributed by atoms with Crippen LogP contribution in [0.25, 0.3) is 0 Å². The van der Waals surface area contributed by atoms with Crippen LogP contribution >= 0.6 is 35.1 Å². The van der Waals surface area contributed by atoms with E-state index in [0.29, 0.717) is 18.0 Å². The van der Waals surface area contributed by atoms with Crippen molar-refractivity contribution < 1.29 is 23.7 Å². The van der Waals surface area contributed by atoms with Crippen LogP contribution in [0.15, 0.2) is 163 Å². The number of amides is 2. The van der Waals surface area contributed by atoms with Crippen LogP contribution in [-0.2, 0) is 19.3 Å². The predicted molar refractivity (Wildman–Crippen MR) is 256 cm³/mol. The van der Waals surface area contributed by atoms with Crippen molar-refractivity contribution in [3.63, 3.8) is 0 Å². The third kappa shape index (κ3) is 14.3. The summed E-state index contributed by atoms with van der Waals surface area (Å²) in [4.78, 5) is 46.4. The number of rotatable bonds is 12. The van der Waals surface area contributed by atoms with Crippen LogP contribution in [0.4, 0.5) is 4.39 Å². The van der Waals surface area contributed by atoms with Crippen molar-refractivity contribution >= 4 is 58.4 Å². The number of allylic oxidation sites excluding steroid dienone is 4. The van der Waals surface area contributed by atoms with E-state index in [-0.39, 0.29) is 23.5 Å². The molecular weight excluding hydrogens is 839 g/mol. The van der Waals surface area contributed by atoms with E-state index in [0.717, 1.165) is 67.6 Å². The van der Waals surface area contributed by atoms with E-state index in [1.807, 2.05) is 80.6 Å². The molecule has 4 aromatic carbocycles. The van der Waals surface area contributed by atoms with Gasteiger partial charge in [-0.2, -0.15) is 0 Å². The first-order chi connectivity index (χ1) is 29.9. The summed E-state index contributed by atoms with van der Waals surface area (Å²) < 4.78 is 13.1. The van der Waals surface area contributed by atoms with Crippen molar-refractivity contribution in [2.24, 2.45) is 21.3 Å². The van der Waals surface area contributed by atoms with Crippen molar-refractivity contribution in [2.45, 2.75) is 70.6 Å². The van der Waals surface area contributed by atoms with Gasteiger partial charge in [-0.1, -0.05) is 129 Å². The second-order valence-electron chi connectivity index (χ2n) is 14.5. The van der Waals surface area contributed by atoms with Gasteiger partial charge in [-0.3, -0.25) is 29.2 Å². The van der Waals surface area contributed by atoms with Crippen molar-refractivity contribution in [3.8, 4) is 0 Å². The summed E-state index contributed by atoms with van der Waals surface area (Å²) in [5.74, 6) is -0.640. The van der Waals surface area contributed by atoms with Crippen molar-refractivity contribution in [1.82, 2.24) is 11.0 Å². The molecule has 0 radical (unpaired) electrons. The summed E-state index contributed by atoms with van der Waals surface area (Å²) in [6, 6.07) is 30.8. The Balaban J connectivity index is 0.000000238. The summed E-state index contributed by atoms with van der Waals surface area (Å²) in [5, 5.41) is 2.77. The number of carbonyl (C=O) groups excluding carboxylic acids is 2. The first-order valence-corrected chi connectivity index (χ1v) is 22.5. The van der Waals surface area contributed by atoms with Crippen LogP contribution < -0.4 is 11.0 Å². The molecule has 2 unspecified atom stereocenters. The lowest BCUT2D eigenvalue weighted by Crippen LogP contribution is -2.37. The Morgan fingerprint density at radius 2 is 1.56 bits per heavy atom. The predicted octanol–water partition coefficient (Wildman–Crippen LogP) is 12.5. The third-order valence-corrected chi connectivity index (χ3v) is 12.1. The molecule has 326 valence electrons. The molecule has 0 aliphatic carbocycles. The highest BCUT2D eigenvalue weighted by Crippen LogP contribution is 2.39. The highest BCUT2D eigenvalue weighted by Gasteiger charge is 2.33.